The minimum absolute atomic E-state index is 0.203. The first-order chi connectivity index (χ1) is 14.1. The van der Waals surface area contributed by atoms with Crippen LogP contribution in [0.15, 0.2) is 84.9 Å². The molecule has 0 aliphatic rings. The molecule has 7 heteroatoms. The van der Waals surface area contributed by atoms with E-state index < -0.39 is 20.5 Å². The molecule has 150 valence electrons. The molecule has 1 unspecified atom stereocenters. The molecule has 3 aromatic carbocycles. The van der Waals surface area contributed by atoms with E-state index in [-0.39, 0.29) is 6.61 Å². The SMILES string of the molecule is CC(N[P@](Oc1ccccc1)Oc1ccccc1Cl)C(=O)OCc1ccccc1. The van der Waals surface area contributed by atoms with Crippen LogP contribution in [-0.4, -0.2) is 12.0 Å². The van der Waals surface area contributed by atoms with Gasteiger partial charge in [0.25, 0.3) is 0 Å². The fourth-order valence-corrected chi connectivity index (χ4v) is 3.76. The number of carbonyl (C=O) groups excluding carboxylic acids is 1. The number of benzene rings is 3. The fraction of sp³-hybridized carbons (Fsp3) is 0.136. The van der Waals surface area contributed by atoms with Crippen LogP contribution in [0.3, 0.4) is 0 Å². The van der Waals surface area contributed by atoms with E-state index in [0.29, 0.717) is 16.5 Å². The van der Waals surface area contributed by atoms with Crippen molar-refractivity contribution in [2.45, 2.75) is 19.6 Å². The van der Waals surface area contributed by atoms with E-state index in [1.54, 1.807) is 19.1 Å². The van der Waals surface area contributed by atoms with Crippen LogP contribution in [-0.2, 0) is 16.1 Å². The summed E-state index contributed by atoms with van der Waals surface area (Å²) in [6, 6.07) is 25.2. The molecule has 0 radical (unpaired) electrons. The average Bonchev–Trinajstić information content (AvgIpc) is 2.75. The van der Waals surface area contributed by atoms with Gasteiger partial charge in [0.1, 0.15) is 24.1 Å². The molecular weight excluding hydrogens is 409 g/mol. The first-order valence-corrected chi connectivity index (χ1v) is 10.6. The Hall–Kier alpha value is -2.59. The minimum Gasteiger partial charge on any atom is -0.460 e. The second kappa shape index (κ2) is 10.8. The highest BCUT2D eigenvalue weighted by atomic mass is 35.5. The lowest BCUT2D eigenvalue weighted by Crippen LogP contribution is -2.34. The highest BCUT2D eigenvalue weighted by Crippen LogP contribution is 2.40. The lowest BCUT2D eigenvalue weighted by molar-refractivity contribution is -0.146. The molecule has 0 saturated heterocycles. The van der Waals surface area contributed by atoms with Crippen molar-refractivity contribution in [2.75, 3.05) is 0 Å². The van der Waals surface area contributed by atoms with Gasteiger partial charge in [0.05, 0.1) is 5.02 Å². The number of ether oxygens (including phenoxy) is 1. The largest absolute Gasteiger partial charge is 0.460 e. The average molecular weight is 430 g/mol. The maximum atomic E-state index is 12.4. The molecule has 0 amide bonds. The molecule has 5 nitrogen and oxygen atoms in total. The predicted molar refractivity (Wildman–Crippen MR) is 115 cm³/mol. The summed E-state index contributed by atoms with van der Waals surface area (Å²) >= 11 is 6.20. The third-order valence-corrected chi connectivity index (χ3v) is 5.48. The highest BCUT2D eigenvalue weighted by molar-refractivity contribution is 7.45. The van der Waals surface area contributed by atoms with E-state index in [0.717, 1.165) is 5.56 Å². The number of nitrogens with one attached hydrogen (secondary N) is 1. The Morgan fingerprint density at radius 1 is 0.931 bits per heavy atom. The molecule has 0 heterocycles. The van der Waals surface area contributed by atoms with Crippen molar-refractivity contribution in [3.8, 4) is 11.5 Å². The number of rotatable bonds is 9. The Morgan fingerprint density at radius 3 is 2.24 bits per heavy atom. The van der Waals surface area contributed by atoms with Crippen LogP contribution < -0.4 is 14.1 Å². The summed E-state index contributed by atoms with van der Waals surface area (Å²) in [6.45, 7) is 1.90. The normalized spacial score (nSPS) is 12.6. The van der Waals surface area contributed by atoms with Crippen molar-refractivity contribution in [1.82, 2.24) is 5.09 Å². The van der Waals surface area contributed by atoms with Gasteiger partial charge in [-0.2, -0.15) is 0 Å². The topological polar surface area (TPSA) is 56.8 Å². The number of para-hydroxylation sites is 2. The molecule has 29 heavy (non-hydrogen) atoms. The van der Waals surface area contributed by atoms with Crippen molar-refractivity contribution < 1.29 is 18.6 Å². The van der Waals surface area contributed by atoms with Crippen LogP contribution in [0.25, 0.3) is 0 Å². The Labute approximate surface area is 176 Å². The van der Waals surface area contributed by atoms with Crippen molar-refractivity contribution in [3.63, 3.8) is 0 Å². The second-order valence-corrected chi connectivity index (χ2v) is 7.67. The maximum absolute atomic E-state index is 12.4. The van der Waals surface area contributed by atoms with Crippen LogP contribution >= 0.6 is 20.1 Å². The third kappa shape index (κ3) is 6.75. The van der Waals surface area contributed by atoms with E-state index >= 15 is 0 Å². The van der Waals surface area contributed by atoms with Gasteiger partial charge in [0.15, 0.2) is 0 Å². The summed E-state index contributed by atoms with van der Waals surface area (Å²) < 4.78 is 17.2. The smallest absolute Gasteiger partial charge is 0.382 e. The van der Waals surface area contributed by atoms with E-state index in [2.05, 4.69) is 5.09 Å². The number of hydrogen-bond acceptors (Lipinski definition) is 5. The summed E-state index contributed by atoms with van der Waals surface area (Å²) in [5, 5.41) is 3.52. The van der Waals surface area contributed by atoms with Crippen LogP contribution in [0.2, 0.25) is 5.02 Å². The molecule has 3 aromatic rings. The third-order valence-electron chi connectivity index (χ3n) is 3.83. The molecular formula is C22H21ClNO4P. The molecule has 1 N–H and O–H groups in total. The lowest BCUT2D eigenvalue weighted by Gasteiger charge is -2.22. The zero-order valence-corrected chi connectivity index (χ0v) is 17.5. The van der Waals surface area contributed by atoms with Crippen LogP contribution in [0.4, 0.5) is 0 Å². The van der Waals surface area contributed by atoms with Gasteiger partial charge in [-0.1, -0.05) is 72.3 Å². The monoisotopic (exact) mass is 429 g/mol. The van der Waals surface area contributed by atoms with Gasteiger partial charge in [0.2, 0.25) is 0 Å². The van der Waals surface area contributed by atoms with Crippen molar-refractivity contribution in [3.05, 3.63) is 95.5 Å². The first-order valence-electron chi connectivity index (χ1n) is 9.04. The van der Waals surface area contributed by atoms with E-state index in [1.807, 2.05) is 72.8 Å². The van der Waals surface area contributed by atoms with Gasteiger partial charge in [-0.25, -0.2) is 5.09 Å². The molecule has 3 rings (SSSR count). The van der Waals surface area contributed by atoms with E-state index in [9.17, 15) is 4.79 Å². The summed E-state index contributed by atoms with van der Waals surface area (Å²) in [7, 11) is -1.70. The van der Waals surface area contributed by atoms with Crippen LogP contribution in [0, 0.1) is 0 Å². The quantitative estimate of drug-likeness (QED) is 0.347. The predicted octanol–water partition coefficient (Wildman–Crippen LogP) is 5.75. The van der Waals surface area contributed by atoms with Crippen molar-refractivity contribution in [1.29, 1.82) is 0 Å². The first kappa shape index (κ1) is 21.1. The van der Waals surface area contributed by atoms with Crippen molar-refractivity contribution in [2.24, 2.45) is 0 Å². The Balaban J connectivity index is 1.64. The summed E-state index contributed by atoms with van der Waals surface area (Å²) in [5.74, 6) is 0.678. The van der Waals surface area contributed by atoms with E-state index in [1.165, 1.54) is 0 Å². The lowest BCUT2D eigenvalue weighted by atomic mass is 10.2. The number of halogens is 1. The summed E-state index contributed by atoms with van der Waals surface area (Å²) in [5.41, 5.74) is 0.920. The second-order valence-electron chi connectivity index (χ2n) is 6.13. The van der Waals surface area contributed by atoms with Gasteiger partial charge < -0.3 is 13.8 Å². The Kier molecular flexibility index (Phi) is 7.88. The maximum Gasteiger partial charge on any atom is 0.382 e. The van der Waals surface area contributed by atoms with Gasteiger partial charge in [-0.15, -0.1) is 0 Å². The molecule has 0 bridgehead atoms. The van der Waals surface area contributed by atoms with Crippen molar-refractivity contribution >= 4 is 26.1 Å². The van der Waals surface area contributed by atoms with Gasteiger partial charge in [-0.3, -0.25) is 4.79 Å². The number of esters is 1. The summed E-state index contributed by atoms with van der Waals surface area (Å²) in [6.07, 6.45) is 0. The van der Waals surface area contributed by atoms with Gasteiger partial charge in [-0.05, 0) is 36.8 Å². The Morgan fingerprint density at radius 2 is 1.55 bits per heavy atom. The minimum atomic E-state index is -1.70. The summed E-state index contributed by atoms with van der Waals surface area (Å²) in [4.78, 5) is 12.4. The molecule has 2 atom stereocenters. The highest BCUT2D eigenvalue weighted by Gasteiger charge is 2.24. The Bertz CT molecular complexity index is 911. The molecule has 0 aromatic heterocycles. The molecule has 0 fully saturated rings. The zero-order valence-electron chi connectivity index (χ0n) is 15.8. The van der Waals surface area contributed by atoms with Crippen LogP contribution in [0.5, 0.6) is 11.5 Å². The standard InChI is InChI=1S/C22H21ClNO4P/c1-17(22(25)26-16-18-10-4-2-5-11-18)24-29(27-19-12-6-3-7-13-19)28-21-15-9-8-14-20(21)23/h2-15,17,24H,16H2,1H3/t17?,29-/m1/s1. The van der Waals surface area contributed by atoms with Gasteiger partial charge in [0, 0.05) is 0 Å². The molecule has 0 saturated carbocycles. The van der Waals surface area contributed by atoms with Gasteiger partial charge >= 0.3 is 14.5 Å². The fourth-order valence-electron chi connectivity index (χ4n) is 2.32. The zero-order chi connectivity index (χ0) is 20.5. The number of hydrogen-bond donors (Lipinski definition) is 1. The van der Waals surface area contributed by atoms with Crippen LogP contribution in [0.1, 0.15) is 12.5 Å². The molecule has 0 spiro atoms. The van der Waals surface area contributed by atoms with E-state index in [4.69, 9.17) is 25.4 Å². The molecule has 0 aliphatic carbocycles. The molecule has 0 aliphatic heterocycles. The number of carbonyl (C=O) groups is 1.